The van der Waals surface area contributed by atoms with Crippen LogP contribution in [-0.4, -0.2) is 63.5 Å². The van der Waals surface area contributed by atoms with Gasteiger partial charge >= 0.3 is 6.09 Å². The minimum atomic E-state index is -0.564. The Labute approximate surface area is 221 Å². The number of carbonyl (C=O) groups excluding carboxylic acids is 2. The predicted octanol–water partition coefficient (Wildman–Crippen LogP) is 3.08. The average Bonchev–Trinajstić information content (AvgIpc) is 3.52. The average molecular weight is 521 g/mol. The first-order chi connectivity index (χ1) is 18.3. The van der Waals surface area contributed by atoms with Crippen LogP contribution in [0.5, 0.6) is 0 Å². The van der Waals surface area contributed by atoms with Crippen molar-refractivity contribution in [3.05, 3.63) is 46.9 Å². The van der Waals surface area contributed by atoms with Gasteiger partial charge in [-0.15, -0.1) is 10.2 Å². The van der Waals surface area contributed by atoms with Crippen LogP contribution in [0.3, 0.4) is 0 Å². The van der Waals surface area contributed by atoms with E-state index in [9.17, 15) is 9.59 Å². The van der Waals surface area contributed by atoms with Crippen LogP contribution < -0.4 is 15.1 Å². The molecule has 3 aromatic heterocycles. The van der Waals surface area contributed by atoms with E-state index in [-0.39, 0.29) is 31.1 Å². The van der Waals surface area contributed by atoms with Gasteiger partial charge < -0.3 is 24.3 Å². The van der Waals surface area contributed by atoms with E-state index in [0.29, 0.717) is 47.6 Å². The molecule has 3 aromatic rings. The normalized spacial score (nSPS) is 16.4. The molecule has 0 saturated carbocycles. The number of aromatic nitrogens is 5. The van der Waals surface area contributed by atoms with Crippen LogP contribution in [0, 0.1) is 0 Å². The lowest BCUT2D eigenvalue weighted by molar-refractivity contribution is 0.0542. The van der Waals surface area contributed by atoms with Crippen molar-refractivity contribution in [2.45, 2.75) is 59.0 Å². The highest BCUT2D eigenvalue weighted by Gasteiger charge is 2.34. The SMILES string of the molecule is CC[C@H]1COCc2nnc(-c3cccc(N4Cc5c(cc(N(C)C(C)C)nc5COC(=O)NC)C4=O)n3)n21. The summed E-state index contributed by atoms with van der Waals surface area (Å²) in [6, 6.07) is 7.61. The summed E-state index contributed by atoms with van der Waals surface area (Å²) in [5, 5.41) is 11.2. The van der Waals surface area contributed by atoms with Crippen molar-refractivity contribution < 1.29 is 19.1 Å². The van der Waals surface area contributed by atoms with Gasteiger partial charge in [-0.3, -0.25) is 9.69 Å². The van der Waals surface area contributed by atoms with E-state index in [2.05, 4.69) is 27.0 Å². The maximum Gasteiger partial charge on any atom is 0.407 e. The summed E-state index contributed by atoms with van der Waals surface area (Å²) < 4.78 is 13.1. The Bertz CT molecular complexity index is 1370. The van der Waals surface area contributed by atoms with E-state index in [4.69, 9.17) is 19.4 Å². The van der Waals surface area contributed by atoms with Crippen LogP contribution in [0.25, 0.3) is 11.5 Å². The minimum Gasteiger partial charge on any atom is -0.443 e. The number of hydrogen-bond donors (Lipinski definition) is 1. The first kappa shape index (κ1) is 25.6. The Hall–Kier alpha value is -4.06. The number of alkyl carbamates (subject to hydrolysis) is 1. The van der Waals surface area contributed by atoms with Crippen LogP contribution in [0.4, 0.5) is 16.4 Å². The fourth-order valence-electron chi connectivity index (χ4n) is 4.65. The van der Waals surface area contributed by atoms with E-state index in [1.54, 1.807) is 17.0 Å². The smallest absolute Gasteiger partial charge is 0.407 e. The topological polar surface area (TPSA) is 128 Å². The predicted molar refractivity (Wildman–Crippen MR) is 140 cm³/mol. The second-order valence-electron chi connectivity index (χ2n) is 9.64. The number of pyridine rings is 2. The molecule has 12 nitrogen and oxygen atoms in total. The lowest BCUT2D eigenvalue weighted by Crippen LogP contribution is -2.27. The third-order valence-electron chi connectivity index (χ3n) is 7.05. The molecular weight excluding hydrogens is 488 g/mol. The van der Waals surface area contributed by atoms with Crippen molar-refractivity contribution in [1.82, 2.24) is 30.0 Å². The van der Waals surface area contributed by atoms with Crippen molar-refractivity contribution in [3.8, 4) is 11.5 Å². The number of rotatable bonds is 7. The minimum absolute atomic E-state index is 0.0528. The molecule has 5 heterocycles. The summed E-state index contributed by atoms with van der Waals surface area (Å²) in [7, 11) is 3.41. The molecule has 0 spiro atoms. The first-order valence-corrected chi connectivity index (χ1v) is 12.7. The molecule has 0 bridgehead atoms. The zero-order valence-electron chi connectivity index (χ0n) is 22.3. The number of fused-ring (bicyclic) bond motifs is 2. The lowest BCUT2D eigenvalue weighted by atomic mass is 10.1. The molecule has 0 radical (unpaired) electrons. The Balaban J connectivity index is 1.50. The number of nitrogens with zero attached hydrogens (tertiary/aromatic N) is 7. The molecule has 2 aliphatic rings. The summed E-state index contributed by atoms with van der Waals surface area (Å²) in [6.07, 6.45) is 0.310. The van der Waals surface area contributed by atoms with Crippen molar-refractivity contribution in [3.63, 3.8) is 0 Å². The third-order valence-corrected chi connectivity index (χ3v) is 7.05. The highest BCUT2D eigenvalue weighted by Crippen LogP contribution is 2.34. The molecule has 2 amide bonds. The molecule has 0 unspecified atom stereocenters. The van der Waals surface area contributed by atoms with E-state index in [0.717, 1.165) is 17.8 Å². The number of carbonyl (C=O) groups is 2. The van der Waals surface area contributed by atoms with Gasteiger partial charge in [-0.05, 0) is 38.5 Å². The fraction of sp³-hybridized carbons (Fsp3) is 0.462. The van der Waals surface area contributed by atoms with Gasteiger partial charge in [-0.25, -0.2) is 14.8 Å². The fourth-order valence-corrected chi connectivity index (χ4v) is 4.65. The van der Waals surface area contributed by atoms with Gasteiger partial charge in [-0.2, -0.15) is 0 Å². The molecule has 0 fully saturated rings. The summed E-state index contributed by atoms with van der Waals surface area (Å²) in [5.41, 5.74) is 2.41. The Morgan fingerprint density at radius 3 is 2.84 bits per heavy atom. The zero-order chi connectivity index (χ0) is 27.0. The van der Waals surface area contributed by atoms with E-state index < -0.39 is 6.09 Å². The number of amides is 2. The quantitative estimate of drug-likeness (QED) is 0.500. The molecule has 12 heteroatoms. The monoisotopic (exact) mass is 520 g/mol. The van der Waals surface area contributed by atoms with Crippen LogP contribution in [0.1, 0.15) is 60.7 Å². The van der Waals surface area contributed by atoms with Crippen molar-refractivity contribution in [1.29, 1.82) is 0 Å². The summed E-state index contributed by atoms with van der Waals surface area (Å²) >= 11 is 0. The maximum absolute atomic E-state index is 13.7. The summed E-state index contributed by atoms with van der Waals surface area (Å²) in [6.45, 7) is 7.39. The molecule has 38 heavy (non-hydrogen) atoms. The Morgan fingerprint density at radius 2 is 2.11 bits per heavy atom. The van der Waals surface area contributed by atoms with Gasteiger partial charge in [0, 0.05) is 25.7 Å². The third kappa shape index (κ3) is 4.55. The number of anilines is 2. The van der Waals surface area contributed by atoms with Crippen LogP contribution >= 0.6 is 0 Å². The molecule has 1 N–H and O–H groups in total. The van der Waals surface area contributed by atoms with Gasteiger partial charge in [0.05, 0.1) is 30.5 Å². The second kappa shape index (κ2) is 10.4. The molecule has 1 atom stereocenters. The number of nitrogens with one attached hydrogen (secondary N) is 1. The molecular formula is C26H32N8O4. The Kier molecular flexibility index (Phi) is 6.98. The summed E-state index contributed by atoms with van der Waals surface area (Å²) in [5.74, 6) is 2.37. The highest BCUT2D eigenvalue weighted by atomic mass is 16.5. The standard InChI is InChI=1S/C26H32N8O4/c1-6-16-12-37-14-23-30-31-24(34(16)23)19-8-7-9-21(28-19)33-11-18-17(25(33)35)10-22(32(5)15(2)3)29-20(18)13-38-26(36)27-4/h7-10,15-16H,6,11-14H2,1-5H3,(H,27,36)/t16-/m0/s1. The largest absolute Gasteiger partial charge is 0.443 e. The van der Waals surface area contributed by atoms with Crippen molar-refractivity contribution in [2.24, 2.45) is 0 Å². The van der Waals surface area contributed by atoms with Gasteiger partial charge in [0.25, 0.3) is 5.91 Å². The van der Waals surface area contributed by atoms with E-state index >= 15 is 0 Å². The maximum atomic E-state index is 13.7. The number of hydrogen-bond acceptors (Lipinski definition) is 9. The second-order valence-corrected chi connectivity index (χ2v) is 9.64. The number of ether oxygens (including phenoxy) is 2. The Morgan fingerprint density at radius 1 is 1.29 bits per heavy atom. The van der Waals surface area contributed by atoms with Crippen LogP contribution in [0.2, 0.25) is 0 Å². The van der Waals surface area contributed by atoms with Crippen LogP contribution in [-0.2, 0) is 29.2 Å². The molecule has 2 aliphatic heterocycles. The van der Waals surface area contributed by atoms with Gasteiger partial charge in [0.2, 0.25) is 0 Å². The molecule has 0 saturated heterocycles. The van der Waals surface area contributed by atoms with E-state index in [1.807, 2.05) is 37.9 Å². The first-order valence-electron chi connectivity index (χ1n) is 12.7. The molecule has 200 valence electrons. The van der Waals surface area contributed by atoms with Gasteiger partial charge in [0.15, 0.2) is 11.6 Å². The van der Waals surface area contributed by atoms with Crippen molar-refractivity contribution >= 4 is 23.6 Å². The molecule has 5 rings (SSSR count). The van der Waals surface area contributed by atoms with Gasteiger partial charge in [-0.1, -0.05) is 13.0 Å². The lowest BCUT2D eigenvalue weighted by Gasteiger charge is -2.25. The molecule has 0 aromatic carbocycles. The zero-order valence-corrected chi connectivity index (χ0v) is 22.3. The summed E-state index contributed by atoms with van der Waals surface area (Å²) in [4.78, 5) is 38.6. The van der Waals surface area contributed by atoms with Gasteiger partial charge in [0.1, 0.15) is 30.5 Å². The molecule has 0 aliphatic carbocycles. The van der Waals surface area contributed by atoms with E-state index in [1.165, 1.54) is 7.05 Å². The van der Waals surface area contributed by atoms with Crippen LogP contribution in [0.15, 0.2) is 24.3 Å². The highest BCUT2D eigenvalue weighted by molar-refractivity contribution is 6.10. The van der Waals surface area contributed by atoms with Crippen molar-refractivity contribution in [2.75, 3.05) is 30.5 Å².